The van der Waals surface area contributed by atoms with Crippen LogP contribution in [0.4, 0.5) is 0 Å². The molecule has 1 saturated heterocycles. The van der Waals surface area contributed by atoms with Crippen molar-refractivity contribution in [2.75, 3.05) is 39.3 Å². The maximum Gasteiger partial charge on any atom is 0.260 e. The number of ether oxygens (including phenoxy) is 1. The summed E-state index contributed by atoms with van der Waals surface area (Å²) in [6.07, 6.45) is 0. The fourth-order valence-electron chi connectivity index (χ4n) is 2.46. The summed E-state index contributed by atoms with van der Waals surface area (Å²) in [5.41, 5.74) is 0. The molecule has 0 bridgehead atoms. The number of carbonyl (C=O) groups is 1. The van der Waals surface area contributed by atoms with Gasteiger partial charge in [0.15, 0.2) is 6.61 Å². The van der Waals surface area contributed by atoms with Gasteiger partial charge < -0.3 is 9.64 Å². The second-order valence-electron chi connectivity index (χ2n) is 5.82. The normalized spacial score (nSPS) is 16.3. The lowest BCUT2D eigenvalue weighted by Gasteiger charge is -2.35. The predicted molar refractivity (Wildman–Crippen MR) is 92.5 cm³/mol. The van der Waals surface area contributed by atoms with E-state index in [4.69, 9.17) is 4.74 Å². The van der Waals surface area contributed by atoms with Crippen LogP contribution < -0.4 is 4.74 Å². The summed E-state index contributed by atoms with van der Waals surface area (Å²) in [5, 5.41) is 0. The zero-order valence-corrected chi connectivity index (χ0v) is 14.9. The van der Waals surface area contributed by atoms with Gasteiger partial charge in [-0.25, -0.2) is 0 Å². The molecule has 1 aliphatic heterocycles. The third-order valence-electron chi connectivity index (χ3n) is 3.52. The first kappa shape index (κ1) is 16.5. The van der Waals surface area contributed by atoms with Gasteiger partial charge in [-0.3, -0.25) is 9.69 Å². The first-order valence-corrected chi connectivity index (χ1v) is 8.51. The third kappa shape index (κ3) is 5.47. The number of halogens is 1. The van der Waals surface area contributed by atoms with Crippen molar-refractivity contribution in [2.45, 2.75) is 13.8 Å². The first-order chi connectivity index (χ1) is 10.0. The van der Waals surface area contributed by atoms with Crippen molar-refractivity contribution >= 4 is 28.5 Å². The maximum absolute atomic E-state index is 12.1. The van der Waals surface area contributed by atoms with Crippen molar-refractivity contribution in [2.24, 2.45) is 5.92 Å². The Hall–Kier alpha value is -0.820. The van der Waals surface area contributed by atoms with E-state index in [9.17, 15) is 4.79 Å². The summed E-state index contributed by atoms with van der Waals surface area (Å²) in [5.74, 6) is 1.51. The Balaban J connectivity index is 1.73. The Morgan fingerprint density at radius 1 is 1.19 bits per heavy atom. The van der Waals surface area contributed by atoms with Crippen molar-refractivity contribution in [1.29, 1.82) is 0 Å². The largest absolute Gasteiger partial charge is 0.484 e. The molecule has 0 aliphatic carbocycles. The summed E-state index contributed by atoms with van der Waals surface area (Å²) in [4.78, 5) is 16.5. The lowest BCUT2D eigenvalue weighted by Crippen LogP contribution is -2.50. The first-order valence-electron chi connectivity index (χ1n) is 7.43. The number of nitrogens with zero attached hydrogens (tertiary/aromatic N) is 2. The molecule has 0 unspecified atom stereocenters. The molecule has 4 nitrogen and oxygen atoms in total. The second-order valence-corrected chi connectivity index (χ2v) is 7.06. The standard InChI is InChI=1S/C16H23IN2O2/c1-13(2)11-18-7-9-19(10-8-18)16(20)12-21-15-5-3-14(17)4-6-15/h3-6,13H,7-12H2,1-2H3. The summed E-state index contributed by atoms with van der Waals surface area (Å²) < 4.78 is 6.72. The highest BCUT2D eigenvalue weighted by atomic mass is 127. The van der Waals surface area contributed by atoms with Crippen LogP contribution in [0.3, 0.4) is 0 Å². The average Bonchev–Trinajstić information content (AvgIpc) is 2.46. The van der Waals surface area contributed by atoms with Gasteiger partial charge in [-0.15, -0.1) is 0 Å². The molecular formula is C16H23IN2O2. The lowest BCUT2D eigenvalue weighted by atomic mass is 10.2. The minimum atomic E-state index is 0.0812. The van der Waals surface area contributed by atoms with Crippen LogP contribution in [0, 0.1) is 9.49 Å². The van der Waals surface area contributed by atoms with Crippen LogP contribution in [-0.4, -0.2) is 55.0 Å². The molecule has 0 aromatic heterocycles. The van der Waals surface area contributed by atoms with Crippen molar-refractivity contribution in [1.82, 2.24) is 9.80 Å². The third-order valence-corrected chi connectivity index (χ3v) is 4.24. The second kappa shape index (κ2) is 7.98. The van der Waals surface area contributed by atoms with Crippen molar-refractivity contribution in [3.63, 3.8) is 0 Å². The van der Waals surface area contributed by atoms with Crippen molar-refractivity contribution < 1.29 is 9.53 Å². The van der Waals surface area contributed by atoms with Crippen LogP contribution in [-0.2, 0) is 4.79 Å². The van der Waals surface area contributed by atoms with Gasteiger partial charge in [0.1, 0.15) is 5.75 Å². The Kier molecular flexibility index (Phi) is 6.29. The molecule has 1 aromatic carbocycles. The highest BCUT2D eigenvalue weighted by Crippen LogP contribution is 2.14. The number of hydrogen-bond acceptors (Lipinski definition) is 3. The van der Waals surface area contributed by atoms with Crippen LogP contribution >= 0.6 is 22.6 Å². The van der Waals surface area contributed by atoms with E-state index in [1.165, 1.54) is 0 Å². The maximum atomic E-state index is 12.1. The van der Waals surface area contributed by atoms with E-state index in [1.54, 1.807) is 0 Å². The van der Waals surface area contributed by atoms with Gasteiger partial charge in [-0.05, 0) is 52.8 Å². The lowest BCUT2D eigenvalue weighted by molar-refractivity contribution is -0.135. The van der Waals surface area contributed by atoms with Gasteiger partial charge >= 0.3 is 0 Å². The van der Waals surface area contributed by atoms with E-state index in [0.29, 0.717) is 5.92 Å². The highest BCUT2D eigenvalue weighted by Gasteiger charge is 2.21. The van der Waals surface area contributed by atoms with Gasteiger partial charge in [0, 0.05) is 36.3 Å². The minimum absolute atomic E-state index is 0.0812. The summed E-state index contributed by atoms with van der Waals surface area (Å²) >= 11 is 2.25. The minimum Gasteiger partial charge on any atom is -0.484 e. The van der Waals surface area contributed by atoms with E-state index >= 15 is 0 Å². The van der Waals surface area contributed by atoms with Gasteiger partial charge in [-0.1, -0.05) is 13.8 Å². The number of piperazine rings is 1. The van der Waals surface area contributed by atoms with Crippen LogP contribution in [0.2, 0.25) is 0 Å². The molecule has 0 atom stereocenters. The number of rotatable bonds is 5. The monoisotopic (exact) mass is 402 g/mol. The molecule has 1 aromatic rings. The molecule has 0 N–H and O–H groups in total. The van der Waals surface area contributed by atoms with Gasteiger partial charge in [0.25, 0.3) is 5.91 Å². The molecule has 0 spiro atoms. The number of hydrogen-bond donors (Lipinski definition) is 0. The SMILES string of the molecule is CC(C)CN1CCN(C(=O)COc2ccc(I)cc2)CC1. The zero-order chi connectivity index (χ0) is 15.2. The van der Waals surface area contributed by atoms with Gasteiger partial charge in [0.2, 0.25) is 0 Å². The fourth-order valence-corrected chi connectivity index (χ4v) is 2.82. The summed E-state index contributed by atoms with van der Waals surface area (Å²) in [6, 6.07) is 7.75. The predicted octanol–water partition coefficient (Wildman–Crippen LogP) is 2.47. The van der Waals surface area contributed by atoms with Gasteiger partial charge in [-0.2, -0.15) is 0 Å². The van der Waals surface area contributed by atoms with Gasteiger partial charge in [0.05, 0.1) is 0 Å². The van der Waals surface area contributed by atoms with Crippen LogP contribution in [0.1, 0.15) is 13.8 Å². The van der Waals surface area contributed by atoms with E-state index in [-0.39, 0.29) is 12.5 Å². The molecule has 1 heterocycles. The molecule has 2 rings (SSSR count). The Labute approximate surface area is 140 Å². The quantitative estimate of drug-likeness (QED) is 0.710. The molecule has 5 heteroatoms. The zero-order valence-electron chi connectivity index (χ0n) is 12.7. The van der Waals surface area contributed by atoms with E-state index in [0.717, 1.165) is 42.0 Å². The molecule has 1 aliphatic rings. The molecule has 0 radical (unpaired) electrons. The molecule has 21 heavy (non-hydrogen) atoms. The Bertz CT molecular complexity index is 454. The summed E-state index contributed by atoms with van der Waals surface area (Å²) in [6.45, 7) is 9.24. The van der Waals surface area contributed by atoms with Crippen molar-refractivity contribution in [3.05, 3.63) is 27.8 Å². The number of carbonyl (C=O) groups excluding carboxylic acids is 1. The van der Waals surface area contributed by atoms with Crippen LogP contribution in [0.25, 0.3) is 0 Å². The Morgan fingerprint density at radius 2 is 1.81 bits per heavy atom. The topological polar surface area (TPSA) is 32.8 Å². The van der Waals surface area contributed by atoms with E-state index in [2.05, 4.69) is 41.3 Å². The highest BCUT2D eigenvalue weighted by molar-refractivity contribution is 14.1. The molecule has 1 fully saturated rings. The molecule has 1 amide bonds. The van der Waals surface area contributed by atoms with E-state index < -0.39 is 0 Å². The van der Waals surface area contributed by atoms with Crippen molar-refractivity contribution in [3.8, 4) is 5.75 Å². The van der Waals surface area contributed by atoms with E-state index in [1.807, 2.05) is 29.2 Å². The number of amides is 1. The molecule has 0 saturated carbocycles. The molecular weight excluding hydrogens is 379 g/mol. The summed E-state index contributed by atoms with van der Waals surface area (Å²) in [7, 11) is 0. The Morgan fingerprint density at radius 3 is 2.38 bits per heavy atom. The smallest absolute Gasteiger partial charge is 0.260 e. The fraction of sp³-hybridized carbons (Fsp3) is 0.562. The molecule has 116 valence electrons. The number of benzene rings is 1. The average molecular weight is 402 g/mol. The van der Waals surface area contributed by atoms with Crippen LogP contribution in [0.5, 0.6) is 5.75 Å². The van der Waals surface area contributed by atoms with Crippen LogP contribution in [0.15, 0.2) is 24.3 Å².